The topological polar surface area (TPSA) is 55.1 Å². The summed E-state index contributed by atoms with van der Waals surface area (Å²) in [6.45, 7) is 2.10. The normalized spacial score (nSPS) is 18.0. The van der Waals surface area contributed by atoms with Gasteiger partial charge in [-0.1, -0.05) is 35.2 Å². The van der Waals surface area contributed by atoms with Gasteiger partial charge < -0.3 is 11.1 Å². The highest BCUT2D eigenvalue weighted by molar-refractivity contribution is 9.10. The molecule has 0 saturated heterocycles. The minimum absolute atomic E-state index is 0.0723. The number of carbonyl (C=O) groups is 1. The molecule has 1 fully saturated rings. The molecule has 0 bridgehead atoms. The maximum atomic E-state index is 12.3. The molecule has 3 N–H and O–H groups in total. The first-order valence-corrected chi connectivity index (χ1v) is 7.73. The highest BCUT2D eigenvalue weighted by Crippen LogP contribution is 2.27. The van der Waals surface area contributed by atoms with Crippen LogP contribution in [0.5, 0.6) is 0 Å². The first-order chi connectivity index (χ1) is 9.08. The molecule has 104 valence electrons. The maximum Gasteiger partial charge on any atom is 0.253 e. The molecule has 0 spiro atoms. The molecule has 1 aliphatic carbocycles. The molecule has 1 saturated carbocycles. The summed E-state index contributed by atoms with van der Waals surface area (Å²) in [6.07, 6.45) is 6.33. The second-order valence-corrected chi connectivity index (χ2v) is 6.31. The zero-order valence-corrected chi connectivity index (χ0v) is 12.9. The third-order valence-electron chi connectivity index (χ3n) is 3.98. The molecule has 0 radical (unpaired) electrons. The number of halogens is 1. The van der Waals surface area contributed by atoms with Crippen molar-refractivity contribution in [1.82, 2.24) is 5.32 Å². The number of amides is 1. The zero-order valence-electron chi connectivity index (χ0n) is 11.3. The van der Waals surface area contributed by atoms with E-state index in [-0.39, 0.29) is 11.9 Å². The molecular weight excluding hydrogens is 304 g/mol. The average Bonchev–Trinajstić information content (AvgIpc) is 2.42. The van der Waals surface area contributed by atoms with E-state index in [0.29, 0.717) is 17.2 Å². The molecule has 2 rings (SSSR count). The van der Waals surface area contributed by atoms with Gasteiger partial charge in [0.2, 0.25) is 0 Å². The second-order valence-electron chi connectivity index (χ2n) is 5.39. The van der Waals surface area contributed by atoms with Crippen LogP contribution in [0.2, 0.25) is 0 Å². The largest absolute Gasteiger partial charge is 0.398 e. The molecular formula is C15H21BrN2O. The van der Waals surface area contributed by atoms with E-state index < -0.39 is 0 Å². The van der Waals surface area contributed by atoms with Crippen molar-refractivity contribution in [3.05, 3.63) is 28.2 Å². The number of nitrogen functional groups attached to an aromatic ring is 1. The molecule has 0 aromatic heterocycles. The van der Waals surface area contributed by atoms with Crippen molar-refractivity contribution in [3.8, 4) is 0 Å². The Bertz CT molecular complexity index is 455. The van der Waals surface area contributed by atoms with Gasteiger partial charge in [0.25, 0.3) is 5.91 Å². The number of hydrogen-bond acceptors (Lipinski definition) is 2. The van der Waals surface area contributed by atoms with E-state index in [2.05, 4.69) is 28.2 Å². The van der Waals surface area contributed by atoms with Crippen molar-refractivity contribution in [2.24, 2.45) is 5.92 Å². The summed E-state index contributed by atoms with van der Waals surface area (Å²) in [6, 6.07) is 5.59. The molecule has 0 aliphatic heterocycles. The fourth-order valence-corrected chi connectivity index (χ4v) is 3.12. The Morgan fingerprint density at radius 1 is 1.37 bits per heavy atom. The van der Waals surface area contributed by atoms with E-state index in [1.807, 2.05) is 6.07 Å². The second kappa shape index (κ2) is 6.42. The van der Waals surface area contributed by atoms with Crippen molar-refractivity contribution in [1.29, 1.82) is 0 Å². The number of benzene rings is 1. The Kier molecular flexibility index (Phi) is 4.86. The summed E-state index contributed by atoms with van der Waals surface area (Å²) in [5.74, 6) is 0.531. The summed E-state index contributed by atoms with van der Waals surface area (Å²) < 4.78 is 0.872. The molecule has 1 unspecified atom stereocenters. The quantitative estimate of drug-likeness (QED) is 0.832. The lowest BCUT2D eigenvalue weighted by molar-refractivity contribution is 0.0920. The molecule has 19 heavy (non-hydrogen) atoms. The van der Waals surface area contributed by atoms with Crippen LogP contribution in [0.15, 0.2) is 22.7 Å². The van der Waals surface area contributed by atoms with E-state index in [4.69, 9.17) is 5.73 Å². The van der Waals surface area contributed by atoms with Gasteiger partial charge in [-0.2, -0.15) is 0 Å². The van der Waals surface area contributed by atoms with E-state index in [1.54, 1.807) is 12.1 Å². The van der Waals surface area contributed by atoms with Crippen LogP contribution in [0.1, 0.15) is 49.4 Å². The molecule has 3 nitrogen and oxygen atoms in total. The SMILES string of the molecule is CC(NC(=O)c1cc(Br)ccc1N)C1CCCCC1. The van der Waals surface area contributed by atoms with E-state index in [1.165, 1.54) is 32.1 Å². The molecule has 1 aromatic carbocycles. The summed E-state index contributed by atoms with van der Waals surface area (Å²) in [4.78, 5) is 12.3. The summed E-state index contributed by atoms with van der Waals surface area (Å²) >= 11 is 3.37. The minimum atomic E-state index is -0.0723. The van der Waals surface area contributed by atoms with Crippen LogP contribution in [-0.4, -0.2) is 11.9 Å². The Hall–Kier alpha value is -1.03. The van der Waals surface area contributed by atoms with Crippen molar-refractivity contribution in [2.45, 2.75) is 45.1 Å². The first kappa shape index (κ1) is 14.4. The molecule has 1 atom stereocenters. The van der Waals surface area contributed by atoms with Crippen LogP contribution in [0, 0.1) is 5.92 Å². The Morgan fingerprint density at radius 2 is 2.05 bits per heavy atom. The molecule has 4 heteroatoms. The van der Waals surface area contributed by atoms with Crippen LogP contribution < -0.4 is 11.1 Å². The number of nitrogens with one attached hydrogen (secondary N) is 1. The van der Waals surface area contributed by atoms with Gasteiger partial charge in [0.1, 0.15) is 0 Å². The van der Waals surface area contributed by atoms with E-state index >= 15 is 0 Å². The van der Waals surface area contributed by atoms with Gasteiger partial charge in [-0.25, -0.2) is 0 Å². The Balaban J connectivity index is 2.01. The van der Waals surface area contributed by atoms with Crippen LogP contribution in [-0.2, 0) is 0 Å². The first-order valence-electron chi connectivity index (χ1n) is 6.94. The third kappa shape index (κ3) is 3.72. The van der Waals surface area contributed by atoms with Gasteiger partial charge in [-0.05, 0) is 43.9 Å². The van der Waals surface area contributed by atoms with Crippen LogP contribution >= 0.6 is 15.9 Å². The molecule has 0 heterocycles. The lowest BCUT2D eigenvalue weighted by atomic mass is 9.84. The van der Waals surface area contributed by atoms with Crippen LogP contribution in [0.25, 0.3) is 0 Å². The lowest BCUT2D eigenvalue weighted by Gasteiger charge is -2.28. The highest BCUT2D eigenvalue weighted by atomic mass is 79.9. The number of rotatable bonds is 3. The van der Waals surface area contributed by atoms with Crippen molar-refractivity contribution >= 4 is 27.5 Å². The molecule has 1 amide bonds. The fraction of sp³-hybridized carbons (Fsp3) is 0.533. The van der Waals surface area contributed by atoms with E-state index in [0.717, 1.165) is 4.47 Å². The van der Waals surface area contributed by atoms with Gasteiger partial charge >= 0.3 is 0 Å². The average molecular weight is 325 g/mol. The number of hydrogen-bond donors (Lipinski definition) is 2. The summed E-state index contributed by atoms with van der Waals surface area (Å²) in [5, 5.41) is 3.09. The Labute approximate surface area is 123 Å². The van der Waals surface area contributed by atoms with Crippen molar-refractivity contribution in [3.63, 3.8) is 0 Å². The number of anilines is 1. The lowest BCUT2D eigenvalue weighted by Crippen LogP contribution is -2.39. The monoisotopic (exact) mass is 324 g/mol. The molecule has 1 aromatic rings. The van der Waals surface area contributed by atoms with Gasteiger partial charge in [0.05, 0.1) is 5.56 Å². The maximum absolute atomic E-state index is 12.3. The standard InChI is InChI=1S/C15H21BrN2O/c1-10(11-5-3-2-4-6-11)18-15(19)13-9-12(16)7-8-14(13)17/h7-11H,2-6,17H2,1H3,(H,18,19). The smallest absolute Gasteiger partial charge is 0.253 e. The zero-order chi connectivity index (χ0) is 13.8. The van der Waals surface area contributed by atoms with Gasteiger partial charge in [0, 0.05) is 16.2 Å². The summed E-state index contributed by atoms with van der Waals surface area (Å²) in [5.41, 5.74) is 6.94. The van der Waals surface area contributed by atoms with Crippen molar-refractivity contribution < 1.29 is 4.79 Å². The highest BCUT2D eigenvalue weighted by Gasteiger charge is 2.22. The Morgan fingerprint density at radius 3 is 2.74 bits per heavy atom. The minimum Gasteiger partial charge on any atom is -0.398 e. The molecule has 1 aliphatic rings. The van der Waals surface area contributed by atoms with Crippen LogP contribution in [0.3, 0.4) is 0 Å². The number of nitrogens with two attached hydrogens (primary N) is 1. The van der Waals surface area contributed by atoms with Crippen molar-refractivity contribution in [2.75, 3.05) is 5.73 Å². The predicted octanol–water partition coefficient (Wildman–Crippen LogP) is 3.73. The van der Waals surface area contributed by atoms with Gasteiger partial charge in [0.15, 0.2) is 0 Å². The summed E-state index contributed by atoms with van der Waals surface area (Å²) in [7, 11) is 0. The van der Waals surface area contributed by atoms with E-state index in [9.17, 15) is 4.79 Å². The third-order valence-corrected chi connectivity index (χ3v) is 4.47. The van der Waals surface area contributed by atoms with Gasteiger partial charge in [-0.15, -0.1) is 0 Å². The predicted molar refractivity (Wildman–Crippen MR) is 82.1 cm³/mol. The van der Waals surface area contributed by atoms with Crippen LogP contribution in [0.4, 0.5) is 5.69 Å². The fourth-order valence-electron chi connectivity index (χ4n) is 2.76. The number of carbonyl (C=O) groups excluding carboxylic acids is 1. The van der Waals surface area contributed by atoms with Gasteiger partial charge in [-0.3, -0.25) is 4.79 Å².